The van der Waals surface area contributed by atoms with E-state index in [0.29, 0.717) is 11.6 Å². The summed E-state index contributed by atoms with van der Waals surface area (Å²) >= 11 is 0. The minimum atomic E-state index is -3.69. The number of benzene rings is 2. The Labute approximate surface area is 135 Å². The number of nitrogens with one attached hydrogen (secondary N) is 2. The third kappa shape index (κ3) is 4.08. The average molecular weight is 334 g/mol. The van der Waals surface area contributed by atoms with Crippen molar-refractivity contribution in [2.45, 2.75) is 24.7 Å². The molecule has 23 heavy (non-hydrogen) atoms. The highest BCUT2D eigenvalue weighted by molar-refractivity contribution is 7.92. The van der Waals surface area contributed by atoms with Gasteiger partial charge in [-0.3, -0.25) is 14.7 Å². The zero-order valence-electron chi connectivity index (χ0n) is 12.8. The molecule has 0 aliphatic rings. The summed E-state index contributed by atoms with van der Waals surface area (Å²) in [4.78, 5) is 11.4. The maximum absolute atomic E-state index is 12.3. The molecule has 2 aromatic carbocycles. The number of carbonyl (C=O) groups excluding carboxylic acids is 1. The minimum Gasteiger partial charge on any atom is -0.288 e. The summed E-state index contributed by atoms with van der Waals surface area (Å²) in [7, 11) is -3.69. The molecule has 1 amide bonds. The van der Waals surface area contributed by atoms with Crippen molar-refractivity contribution in [2.24, 2.45) is 0 Å². The van der Waals surface area contributed by atoms with Crippen molar-refractivity contribution in [3.63, 3.8) is 0 Å². The summed E-state index contributed by atoms with van der Waals surface area (Å²) in [6, 6.07) is 12.4. The Bertz CT molecular complexity index is 782. The van der Waals surface area contributed by atoms with Crippen LogP contribution >= 0.6 is 0 Å². The van der Waals surface area contributed by atoms with Gasteiger partial charge in [0.25, 0.3) is 15.9 Å². The monoisotopic (exact) mass is 334 g/mol. The third-order valence-electron chi connectivity index (χ3n) is 3.36. The second kappa shape index (κ2) is 6.80. The van der Waals surface area contributed by atoms with E-state index in [-0.39, 0.29) is 10.5 Å². The fraction of sp³-hybridized carbons (Fsp3) is 0.188. The Kier molecular flexibility index (Phi) is 5.02. The molecular formula is C16H18N2O4S. The zero-order valence-corrected chi connectivity index (χ0v) is 13.6. The van der Waals surface area contributed by atoms with Gasteiger partial charge >= 0.3 is 0 Å². The summed E-state index contributed by atoms with van der Waals surface area (Å²) in [5.41, 5.74) is 3.12. The Hall–Kier alpha value is -2.38. The largest absolute Gasteiger partial charge is 0.288 e. The first-order valence-electron chi connectivity index (χ1n) is 7.01. The van der Waals surface area contributed by atoms with Crippen LogP contribution in [0.25, 0.3) is 0 Å². The average Bonchev–Trinajstić information content (AvgIpc) is 2.54. The van der Waals surface area contributed by atoms with Crippen LogP contribution in [-0.4, -0.2) is 19.5 Å². The van der Waals surface area contributed by atoms with E-state index in [4.69, 9.17) is 5.21 Å². The molecule has 2 rings (SSSR count). The number of hydroxylamine groups is 1. The molecular weight excluding hydrogens is 316 g/mol. The highest BCUT2D eigenvalue weighted by Gasteiger charge is 2.15. The fourth-order valence-electron chi connectivity index (χ4n) is 2.00. The normalized spacial score (nSPS) is 11.3. The maximum Gasteiger partial charge on any atom is 0.274 e. The van der Waals surface area contributed by atoms with E-state index in [9.17, 15) is 13.2 Å². The smallest absolute Gasteiger partial charge is 0.274 e. The summed E-state index contributed by atoms with van der Waals surface area (Å²) in [6.07, 6.45) is 0. The van der Waals surface area contributed by atoms with Gasteiger partial charge in [-0.1, -0.05) is 26.0 Å². The molecule has 0 aliphatic carbocycles. The van der Waals surface area contributed by atoms with Crippen molar-refractivity contribution in [2.75, 3.05) is 4.72 Å². The van der Waals surface area contributed by atoms with Crippen LogP contribution in [0.4, 0.5) is 5.69 Å². The molecule has 0 radical (unpaired) electrons. The zero-order chi connectivity index (χ0) is 17.0. The van der Waals surface area contributed by atoms with E-state index < -0.39 is 15.9 Å². The van der Waals surface area contributed by atoms with Crippen molar-refractivity contribution < 1.29 is 18.4 Å². The SMILES string of the molecule is CC(C)c1ccc(S(=O)(=O)Nc2ccc(C(=O)NO)cc2)cc1. The number of rotatable bonds is 5. The van der Waals surface area contributed by atoms with E-state index in [1.54, 1.807) is 24.3 Å². The van der Waals surface area contributed by atoms with E-state index >= 15 is 0 Å². The van der Waals surface area contributed by atoms with Crippen LogP contribution in [0.15, 0.2) is 53.4 Å². The fourth-order valence-corrected chi connectivity index (χ4v) is 3.06. The number of sulfonamides is 1. The van der Waals surface area contributed by atoms with Gasteiger partial charge in [0.15, 0.2) is 0 Å². The van der Waals surface area contributed by atoms with E-state index in [1.165, 1.54) is 29.7 Å². The lowest BCUT2D eigenvalue weighted by Crippen LogP contribution is -2.18. The topological polar surface area (TPSA) is 95.5 Å². The standard InChI is InChI=1S/C16H18N2O4S/c1-11(2)12-5-9-15(10-6-12)23(21,22)18-14-7-3-13(4-8-14)16(19)17-20/h3-11,18,20H,1-2H3,(H,17,19). The lowest BCUT2D eigenvalue weighted by molar-refractivity contribution is 0.0706. The van der Waals surface area contributed by atoms with Gasteiger partial charge in [-0.15, -0.1) is 0 Å². The van der Waals surface area contributed by atoms with Gasteiger partial charge in [-0.2, -0.15) is 0 Å². The minimum absolute atomic E-state index is 0.166. The van der Waals surface area contributed by atoms with Crippen LogP contribution in [0.2, 0.25) is 0 Å². The molecule has 0 unspecified atom stereocenters. The molecule has 0 aliphatic heterocycles. The molecule has 0 fully saturated rings. The maximum atomic E-state index is 12.3. The number of amides is 1. The van der Waals surface area contributed by atoms with Crippen LogP contribution in [0.1, 0.15) is 35.7 Å². The molecule has 122 valence electrons. The quantitative estimate of drug-likeness (QED) is 0.579. The Morgan fingerprint density at radius 3 is 2.04 bits per heavy atom. The Morgan fingerprint density at radius 2 is 1.57 bits per heavy atom. The first-order valence-corrected chi connectivity index (χ1v) is 8.49. The first kappa shape index (κ1) is 17.0. The molecule has 3 N–H and O–H groups in total. The first-order chi connectivity index (χ1) is 10.8. The van der Waals surface area contributed by atoms with Gasteiger partial charge < -0.3 is 0 Å². The molecule has 6 nitrogen and oxygen atoms in total. The Morgan fingerprint density at radius 1 is 1.00 bits per heavy atom. The molecule has 0 bridgehead atoms. The lowest BCUT2D eigenvalue weighted by atomic mass is 10.0. The highest BCUT2D eigenvalue weighted by Crippen LogP contribution is 2.20. The molecule has 0 saturated heterocycles. The van der Waals surface area contributed by atoms with Gasteiger partial charge in [0.2, 0.25) is 0 Å². The second-order valence-corrected chi connectivity index (χ2v) is 7.03. The molecule has 0 spiro atoms. The van der Waals surface area contributed by atoms with Crippen LogP contribution in [-0.2, 0) is 10.0 Å². The Balaban J connectivity index is 2.19. The summed E-state index contributed by atoms with van der Waals surface area (Å²) in [6.45, 7) is 4.07. The summed E-state index contributed by atoms with van der Waals surface area (Å²) < 4.78 is 27.1. The van der Waals surface area contributed by atoms with Gasteiger partial charge in [0.05, 0.1) is 4.90 Å². The van der Waals surface area contributed by atoms with Crippen molar-refractivity contribution in [3.05, 3.63) is 59.7 Å². The van der Waals surface area contributed by atoms with Crippen LogP contribution < -0.4 is 10.2 Å². The van der Waals surface area contributed by atoms with Gasteiger partial charge in [0.1, 0.15) is 0 Å². The van der Waals surface area contributed by atoms with Gasteiger partial charge in [0, 0.05) is 11.3 Å². The third-order valence-corrected chi connectivity index (χ3v) is 4.76. The number of hydrogen-bond acceptors (Lipinski definition) is 4. The summed E-state index contributed by atoms with van der Waals surface area (Å²) in [5, 5.41) is 8.54. The predicted molar refractivity (Wildman–Crippen MR) is 87.0 cm³/mol. The molecule has 2 aromatic rings. The van der Waals surface area contributed by atoms with E-state index in [1.807, 2.05) is 13.8 Å². The summed E-state index contributed by atoms with van der Waals surface area (Å²) in [5.74, 6) is -0.339. The molecule has 0 heterocycles. The van der Waals surface area contributed by atoms with Crippen molar-refractivity contribution in [1.82, 2.24) is 5.48 Å². The predicted octanol–water partition coefficient (Wildman–Crippen LogP) is 2.73. The van der Waals surface area contributed by atoms with Crippen molar-refractivity contribution >= 4 is 21.6 Å². The van der Waals surface area contributed by atoms with Crippen molar-refractivity contribution in [3.8, 4) is 0 Å². The van der Waals surface area contributed by atoms with E-state index in [2.05, 4.69) is 4.72 Å². The number of carbonyl (C=O) groups is 1. The number of anilines is 1. The van der Waals surface area contributed by atoms with Gasteiger partial charge in [-0.05, 0) is 47.9 Å². The molecule has 0 saturated carbocycles. The van der Waals surface area contributed by atoms with Gasteiger partial charge in [-0.25, -0.2) is 13.9 Å². The molecule has 0 atom stereocenters. The second-order valence-electron chi connectivity index (χ2n) is 5.35. The van der Waals surface area contributed by atoms with Crippen LogP contribution in [0, 0.1) is 0 Å². The van der Waals surface area contributed by atoms with Crippen molar-refractivity contribution in [1.29, 1.82) is 0 Å². The van der Waals surface area contributed by atoms with E-state index in [0.717, 1.165) is 5.56 Å². The molecule has 0 aromatic heterocycles. The lowest BCUT2D eigenvalue weighted by Gasteiger charge is -2.10. The van der Waals surface area contributed by atoms with Crippen LogP contribution in [0.5, 0.6) is 0 Å². The van der Waals surface area contributed by atoms with Crippen LogP contribution in [0.3, 0.4) is 0 Å². The molecule has 7 heteroatoms. The highest BCUT2D eigenvalue weighted by atomic mass is 32.2. The number of hydrogen-bond donors (Lipinski definition) is 3.